The van der Waals surface area contributed by atoms with E-state index in [-0.39, 0.29) is 0 Å². The number of halogens is 5. The summed E-state index contributed by atoms with van der Waals surface area (Å²) < 4.78 is 69.3. The number of pyridine rings is 1. The van der Waals surface area contributed by atoms with E-state index in [2.05, 4.69) is 14.5 Å². The molecule has 0 fully saturated rings. The molecule has 10 heteroatoms. The molecule has 0 amide bonds. The minimum atomic E-state index is -5.28. The number of alkyl halides is 5. The lowest BCUT2D eigenvalue weighted by molar-refractivity contribution is -0.276. The van der Waals surface area contributed by atoms with Crippen molar-refractivity contribution < 1.29 is 41.3 Å². The number of ether oxygens (including phenoxy) is 2. The minimum Gasteiger partial charge on any atom is -0.494 e. The van der Waals surface area contributed by atoms with Gasteiger partial charge in [0.1, 0.15) is 5.56 Å². The number of aromatic nitrogens is 1. The fraction of sp³-hybridized carbons (Fsp3) is 0.333. The Morgan fingerprint density at radius 1 is 1.42 bits per heavy atom. The highest BCUT2D eigenvalue weighted by Crippen LogP contribution is 2.37. The summed E-state index contributed by atoms with van der Waals surface area (Å²) in [6.45, 7) is 0. The summed E-state index contributed by atoms with van der Waals surface area (Å²) in [5, 5.41) is 8.77. The van der Waals surface area contributed by atoms with E-state index in [1.807, 2.05) is 0 Å². The Morgan fingerprint density at radius 3 is 2.37 bits per heavy atom. The normalized spacial score (nSPS) is 11.5. The average Bonchev–Trinajstić information content (AvgIpc) is 2.25. The van der Waals surface area contributed by atoms with E-state index in [1.54, 1.807) is 0 Å². The number of hydrogen-bond acceptors (Lipinski definition) is 4. The van der Waals surface area contributed by atoms with Crippen molar-refractivity contribution in [2.45, 2.75) is 12.8 Å². The highest BCUT2D eigenvalue weighted by Gasteiger charge is 2.37. The van der Waals surface area contributed by atoms with E-state index in [0.29, 0.717) is 6.20 Å². The van der Waals surface area contributed by atoms with Gasteiger partial charge in [-0.2, -0.15) is 0 Å². The van der Waals surface area contributed by atoms with Gasteiger partial charge in [-0.05, 0) is 0 Å². The maximum Gasteiger partial charge on any atom is 0.574 e. The van der Waals surface area contributed by atoms with Crippen LogP contribution in [0.2, 0.25) is 0 Å². The number of nitrogens with zero attached hydrogens (tertiary/aromatic N) is 1. The molecule has 1 heterocycles. The third-order valence-corrected chi connectivity index (χ3v) is 1.91. The first kappa shape index (κ1) is 14.9. The third kappa shape index (κ3) is 3.42. The third-order valence-electron chi connectivity index (χ3n) is 1.91. The Kier molecular flexibility index (Phi) is 4.12. The molecular weight excluding hydrogens is 281 g/mol. The van der Waals surface area contributed by atoms with Crippen LogP contribution in [-0.4, -0.2) is 29.5 Å². The van der Waals surface area contributed by atoms with Crippen LogP contribution in [0.25, 0.3) is 0 Å². The van der Waals surface area contributed by atoms with Gasteiger partial charge in [0.15, 0.2) is 5.75 Å². The van der Waals surface area contributed by atoms with Gasteiger partial charge in [-0.1, -0.05) is 0 Å². The maximum absolute atomic E-state index is 12.7. The van der Waals surface area contributed by atoms with Gasteiger partial charge in [-0.15, -0.1) is 13.2 Å². The van der Waals surface area contributed by atoms with Gasteiger partial charge in [0.25, 0.3) is 6.43 Å². The highest BCUT2D eigenvalue weighted by atomic mass is 19.4. The van der Waals surface area contributed by atoms with Crippen LogP contribution in [0.15, 0.2) is 6.20 Å². The van der Waals surface area contributed by atoms with E-state index in [0.717, 1.165) is 7.11 Å². The van der Waals surface area contributed by atoms with Crippen molar-refractivity contribution in [3.05, 3.63) is 17.3 Å². The Bertz CT molecular complexity index is 488. The standard InChI is InChI=1S/C9H6F5NO4/c1-18-3-2-15-7(19-9(12,13)14)5(6(10)11)4(3)8(16)17/h2,6H,1H3,(H,16,17). The van der Waals surface area contributed by atoms with Crippen LogP contribution in [0.1, 0.15) is 22.3 Å². The Hall–Kier alpha value is -2.13. The van der Waals surface area contributed by atoms with Crippen LogP contribution >= 0.6 is 0 Å². The van der Waals surface area contributed by atoms with Gasteiger partial charge >= 0.3 is 12.3 Å². The molecule has 0 spiro atoms. The monoisotopic (exact) mass is 287 g/mol. The van der Waals surface area contributed by atoms with Gasteiger partial charge < -0.3 is 14.6 Å². The summed E-state index contributed by atoms with van der Waals surface area (Å²) in [7, 11) is 0.961. The first-order chi connectivity index (χ1) is 8.67. The molecular formula is C9H6F5NO4. The van der Waals surface area contributed by atoms with E-state index < -0.39 is 41.5 Å². The predicted octanol–water partition coefficient (Wildman–Crippen LogP) is 2.62. The molecule has 1 rings (SSSR count). The number of carbonyl (C=O) groups is 1. The highest BCUT2D eigenvalue weighted by molar-refractivity contribution is 5.93. The van der Waals surface area contributed by atoms with Crippen LogP contribution < -0.4 is 9.47 Å². The first-order valence-corrected chi connectivity index (χ1v) is 4.51. The summed E-state index contributed by atoms with van der Waals surface area (Å²) in [4.78, 5) is 13.8. The predicted molar refractivity (Wildman–Crippen MR) is 49.4 cm³/mol. The number of carboxylic acid groups (broad SMARTS) is 1. The molecule has 106 valence electrons. The van der Waals surface area contributed by atoms with Gasteiger partial charge in [0.2, 0.25) is 5.88 Å². The lowest BCUT2D eigenvalue weighted by Gasteiger charge is -2.15. The summed E-state index contributed by atoms with van der Waals surface area (Å²) >= 11 is 0. The minimum absolute atomic E-state index is 0.552. The zero-order chi connectivity index (χ0) is 14.8. The van der Waals surface area contributed by atoms with Crippen LogP contribution in [-0.2, 0) is 0 Å². The molecule has 0 aromatic carbocycles. The van der Waals surface area contributed by atoms with Gasteiger partial charge in [0, 0.05) is 0 Å². The molecule has 0 saturated heterocycles. The first-order valence-electron chi connectivity index (χ1n) is 4.51. The zero-order valence-corrected chi connectivity index (χ0v) is 9.16. The molecule has 0 aliphatic carbocycles. The van der Waals surface area contributed by atoms with Crippen molar-refractivity contribution in [2.24, 2.45) is 0 Å². The SMILES string of the molecule is COc1cnc(OC(F)(F)F)c(C(F)F)c1C(=O)O. The van der Waals surface area contributed by atoms with E-state index in [4.69, 9.17) is 5.11 Å². The topological polar surface area (TPSA) is 68.7 Å². The molecule has 0 unspecified atom stereocenters. The Morgan fingerprint density at radius 2 is 2.00 bits per heavy atom. The van der Waals surface area contributed by atoms with Gasteiger partial charge in [0.05, 0.1) is 18.9 Å². The largest absolute Gasteiger partial charge is 0.574 e. The smallest absolute Gasteiger partial charge is 0.494 e. The number of hydrogen-bond donors (Lipinski definition) is 1. The summed E-state index contributed by atoms with van der Waals surface area (Å²) in [6.07, 6.45) is -8.26. The molecule has 0 aliphatic heterocycles. The average molecular weight is 287 g/mol. The van der Waals surface area contributed by atoms with Crippen molar-refractivity contribution in [2.75, 3.05) is 7.11 Å². The summed E-state index contributed by atoms with van der Waals surface area (Å²) in [6, 6.07) is 0. The fourth-order valence-electron chi connectivity index (χ4n) is 1.26. The van der Waals surface area contributed by atoms with E-state index >= 15 is 0 Å². The second kappa shape index (κ2) is 5.24. The fourth-order valence-corrected chi connectivity index (χ4v) is 1.26. The van der Waals surface area contributed by atoms with Gasteiger partial charge in [-0.3, -0.25) is 0 Å². The van der Waals surface area contributed by atoms with Crippen molar-refractivity contribution >= 4 is 5.97 Å². The van der Waals surface area contributed by atoms with Crippen molar-refractivity contribution in [3.8, 4) is 11.6 Å². The van der Waals surface area contributed by atoms with Crippen LogP contribution in [0.5, 0.6) is 11.6 Å². The van der Waals surface area contributed by atoms with Gasteiger partial charge in [-0.25, -0.2) is 18.6 Å². The van der Waals surface area contributed by atoms with Crippen molar-refractivity contribution in [3.63, 3.8) is 0 Å². The second-order valence-corrected chi connectivity index (χ2v) is 3.07. The zero-order valence-electron chi connectivity index (χ0n) is 9.16. The Balaban J connectivity index is 3.49. The second-order valence-electron chi connectivity index (χ2n) is 3.07. The maximum atomic E-state index is 12.7. The molecule has 0 aliphatic rings. The van der Waals surface area contributed by atoms with Crippen molar-refractivity contribution in [1.82, 2.24) is 4.98 Å². The number of rotatable bonds is 4. The summed E-state index contributed by atoms with van der Waals surface area (Å²) in [5.74, 6) is -4.01. The Labute approximate surface area is 102 Å². The molecule has 1 N–H and O–H groups in total. The molecule has 0 atom stereocenters. The lowest BCUT2D eigenvalue weighted by Crippen LogP contribution is -2.20. The van der Waals surface area contributed by atoms with E-state index in [1.165, 1.54) is 0 Å². The van der Waals surface area contributed by atoms with Crippen molar-refractivity contribution in [1.29, 1.82) is 0 Å². The molecule has 0 radical (unpaired) electrons. The van der Waals surface area contributed by atoms with Crippen LogP contribution in [0, 0.1) is 0 Å². The van der Waals surface area contributed by atoms with Crippen LogP contribution in [0.4, 0.5) is 22.0 Å². The number of carboxylic acids is 1. The quantitative estimate of drug-likeness (QED) is 0.862. The van der Waals surface area contributed by atoms with E-state index in [9.17, 15) is 26.7 Å². The molecule has 0 bridgehead atoms. The molecule has 19 heavy (non-hydrogen) atoms. The van der Waals surface area contributed by atoms with Crippen LogP contribution in [0.3, 0.4) is 0 Å². The molecule has 0 saturated carbocycles. The molecule has 1 aromatic heterocycles. The summed E-state index contributed by atoms with van der Waals surface area (Å²) in [5.41, 5.74) is -2.63. The number of methoxy groups -OCH3 is 1. The lowest BCUT2D eigenvalue weighted by atomic mass is 10.1. The molecule has 5 nitrogen and oxygen atoms in total. The number of aromatic carboxylic acids is 1. The molecule has 1 aromatic rings.